The van der Waals surface area contributed by atoms with Crippen molar-refractivity contribution in [3.8, 4) is 17.2 Å². The van der Waals surface area contributed by atoms with E-state index in [2.05, 4.69) is 5.32 Å². The number of amides is 2. The first kappa shape index (κ1) is 38.7. The molecule has 0 spiro atoms. The lowest BCUT2D eigenvalue weighted by molar-refractivity contribution is -1.03. The van der Waals surface area contributed by atoms with Gasteiger partial charge in [-0.2, -0.15) is 4.79 Å². The fourth-order valence-electron chi connectivity index (χ4n) is 5.90. The van der Waals surface area contributed by atoms with Crippen LogP contribution in [0.25, 0.3) is 0 Å². The summed E-state index contributed by atoms with van der Waals surface area (Å²) in [5.74, 6) is -3.32. The van der Waals surface area contributed by atoms with E-state index in [9.17, 15) is 24.3 Å². The molecule has 0 unspecified atom stereocenters. The molecule has 3 aromatic rings. The molecule has 1 heterocycles. The molecule has 0 aromatic heterocycles. The molecule has 2 N–H and O–H groups in total. The van der Waals surface area contributed by atoms with Gasteiger partial charge < -0.3 is 34.1 Å². The molecular formula is C37H44FN2O11+. The molecule has 0 aliphatic carbocycles. The second-order valence-electron chi connectivity index (χ2n) is 11.8. The number of halogens is 1. The van der Waals surface area contributed by atoms with Crippen molar-refractivity contribution in [3.63, 3.8) is 0 Å². The third-order valence-electron chi connectivity index (χ3n) is 8.58. The average molecular weight is 712 g/mol. The van der Waals surface area contributed by atoms with E-state index in [0.29, 0.717) is 31.4 Å². The van der Waals surface area contributed by atoms with Crippen LogP contribution in [0.5, 0.6) is 17.2 Å². The second kappa shape index (κ2) is 17.7. The summed E-state index contributed by atoms with van der Waals surface area (Å²) in [6, 6.07) is 9.63. The lowest BCUT2D eigenvalue weighted by atomic mass is 9.97. The summed E-state index contributed by atoms with van der Waals surface area (Å²) < 4.78 is 41.3. The monoisotopic (exact) mass is 711 g/mol. The number of anilines is 1. The number of quaternary nitrogens is 1. The van der Waals surface area contributed by atoms with Gasteiger partial charge in [0, 0.05) is 38.2 Å². The highest BCUT2D eigenvalue weighted by Crippen LogP contribution is 2.34. The summed E-state index contributed by atoms with van der Waals surface area (Å²) in [6.45, 7) is 3.70. The van der Waals surface area contributed by atoms with Crippen LogP contribution in [0.2, 0.25) is 0 Å². The van der Waals surface area contributed by atoms with Crippen LogP contribution >= 0.6 is 0 Å². The minimum absolute atomic E-state index is 0.0126. The van der Waals surface area contributed by atoms with E-state index in [0.717, 1.165) is 24.0 Å². The normalized spacial score (nSPS) is 13.8. The van der Waals surface area contributed by atoms with E-state index >= 15 is 4.39 Å². The molecule has 274 valence electrons. The molecule has 1 saturated heterocycles. The van der Waals surface area contributed by atoms with E-state index in [1.807, 2.05) is 13.8 Å². The van der Waals surface area contributed by atoms with Gasteiger partial charge in [-0.15, -0.1) is 0 Å². The van der Waals surface area contributed by atoms with Crippen LogP contribution in [-0.4, -0.2) is 81.5 Å². The Balaban J connectivity index is 1.83. The van der Waals surface area contributed by atoms with Crippen molar-refractivity contribution >= 4 is 29.4 Å². The third kappa shape index (κ3) is 8.82. The summed E-state index contributed by atoms with van der Waals surface area (Å²) in [4.78, 5) is 59.6. The Morgan fingerprint density at radius 3 is 1.98 bits per heavy atom. The largest absolute Gasteiger partial charge is 0.556 e. The molecule has 4 rings (SSSR count). The summed E-state index contributed by atoms with van der Waals surface area (Å²) >= 11 is 0. The Hall–Kier alpha value is -5.05. The van der Waals surface area contributed by atoms with E-state index in [1.54, 1.807) is 12.1 Å². The van der Waals surface area contributed by atoms with Gasteiger partial charge in [0.25, 0.3) is 5.91 Å². The fraction of sp³-hybridized carbons (Fsp3) is 0.405. The predicted molar refractivity (Wildman–Crippen MR) is 183 cm³/mol. The van der Waals surface area contributed by atoms with Crippen LogP contribution in [0.3, 0.4) is 0 Å². The summed E-state index contributed by atoms with van der Waals surface area (Å²) in [5, 5.41) is 12.8. The number of benzene rings is 3. The zero-order valence-corrected chi connectivity index (χ0v) is 29.5. The Morgan fingerprint density at radius 2 is 1.41 bits per heavy atom. The quantitative estimate of drug-likeness (QED) is 0.106. The van der Waals surface area contributed by atoms with Crippen molar-refractivity contribution < 1.29 is 61.8 Å². The number of likely N-dealkylation sites (tertiary alicyclic amines) is 1. The molecule has 13 nitrogen and oxygen atoms in total. The minimum atomic E-state index is -1.31. The molecule has 0 atom stereocenters. The SMILES string of the molecule is CCc1cc(C(=O)Nc2cc(C(=O)O[N+]3(C(=O)O)CCCCCC3)ccc2C(=O)c2c(OCOC)ccc(OC)c2F)cc(CC)c1OCOC. The Morgan fingerprint density at radius 1 is 0.804 bits per heavy atom. The Kier molecular flexibility index (Phi) is 13.5. The maximum atomic E-state index is 15.8. The first-order chi connectivity index (χ1) is 24.5. The first-order valence-electron chi connectivity index (χ1n) is 16.6. The predicted octanol–water partition coefficient (Wildman–Crippen LogP) is 6.55. The number of carboxylic acid groups (broad SMARTS) is 1. The standard InChI is InChI=1S/C37H43FN2O11/c1-6-23-18-26(19-24(7-2)34(23)50-22-47-4)35(42)39-28-20-25(36(43)51-40(37(44)45)16-10-8-9-11-17-40)12-13-27(28)33(41)31-29(49-21-46-3)14-15-30(48-5)32(31)38/h12-15,18-20H,6-11,16-17,21-22H2,1-5H3,(H-,39,41,42,44,45)/p+1. The van der Waals surface area contributed by atoms with Crippen LogP contribution in [0.4, 0.5) is 14.9 Å². The van der Waals surface area contributed by atoms with Gasteiger partial charge in [0.05, 0.1) is 18.4 Å². The van der Waals surface area contributed by atoms with Gasteiger partial charge in [-0.05, 0) is 83.9 Å². The van der Waals surface area contributed by atoms with Gasteiger partial charge in [-0.25, -0.2) is 9.18 Å². The third-order valence-corrected chi connectivity index (χ3v) is 8.58. The molecule has 3 aromatic carbocycles. The van der Waals surface area contributed by atoms with Gasteiger partial charge in [-0.1, -0.05) is 13.8 Å². The smallest absolute Gasteiger partial charge is 0.494 e. The second-order valence-corrected chi connectivity index (χ2v) is 11.8. The van der Waals surface area contributed by atoms with Crippen LogP contribution in [0.1, 0.15) is 87.3 Å². The number of methoxy groups -OCH3 is 3. The van der Waals surface area contributed by atoms with Crippen molar-refractivity contribution in [3.05, 3.63) is 81.7 Å². The highest BCUT2D eigenvalue weighted by molar-refractivity contribution is 6.17. The number of nitrogens with zero attached hydrogens (tertiary/aromatic N) is 1. The van der Waals surface area contributed by atoms with Gasteiger partial charge in [0.15, 0.2) is 25.2 Å². The molecule has 1 fully saturated rings. The van der Waals surface area contributed by atoms with E-state index in [-0.39, 0.29) is 60.6 Å². The molecule has 0 bridgehead atoms. The lowest BCUT2D eigenvalue weighted by Crippen LogP contribution is -2.53. The number of ketones is 1. The van der Waals surface area contributed by atoms with Crippen molar-refractivity contribution in [2.45, 2.75) is 52.4 Å². The Bertz CT molecular complexity index is 1730. The van der Waals surface area contributed by atoms with Crippen LogP contribution in [-0.2, 0) is 27.2 Å². The number of ether oxygens (including phenoxy) is 5. The average Bonchev–Trinajstić information content (AvgIpc) is 3.38. The van der Waals surface area contributed by atoms with Crippen molar-refractivity contribution in [2.75, 3.05) is 53.3 Å². The number of nitrogens with one attached hydrogen (secondary N) is 1. The van der Waals surface area contributed by atoms with Crippen molar-refractivity contribution in [1.82, 2.24) is 0 Å². The molecule has 51 heavy (non-hydrogen) atoms. The minimum Gasteiger partial charge on any atom is -0.494 e. The van der Waals surface area contributed by atoms with E-state index < -0.39 is 39.8 Å². The van der Waals surface area contributed by atoms with E-state index in [4.69, 9.17) is 28.5 Å². The number of hydrogen-bond donors (Lipinski definition) is 2. The van der Waals surface area contributed by atoms with Gasteiger partial charge in [0.2, 0.25) is 5.78 Å². The summed E-state index contributed by atoms with van der Waals surface area (Å²) in [6.07, 6.45) is 2.44. The van der Waals surface area contributed by atoms with Crippen LogP contribution < -0.4 is 19.5 Å². The molecule has 0 radical (unpaired) electrons. The van der Waals surface area contributed by atoms with Crippen LogP contribution in [0.15, 0.2) is 42.5 Å². The number of rotatable bonds is 14. The van der Waals surface area contributed by atoms with E-state index in [1.165, 1.54) is 51.7 Å². The Labute approximate surface area is 295 Å². The van der Waals surface area contributed by atoms with Gasteiger partial charge in [0.1, 0.15) is 30.2 Å². The topological polar surface area (TPSA) is 156 Å². The maximum Gasteiger partial charge on any atom is 0.556 e. The van der Waals surface area contributed by atoms with Gasteiger partial charge >= 0.3 is 12.1 Å². The lowest BCUT2D eigenvalue weighted by Gasteiger charge is -2.27. The molecule has 1 aliphatic heterocycles. The maximum absolute atomic E-state index is 15.8. The van der Waals surface area contributed by atoms with Gasteiger partial charge in [-0.3, -0.25) is 14.4 Å². The zero-order chi connectivity index (χ0) is 37.1. The first-order valence-corrected chi connectivity index (χ1v) is 16.6. The number of aryl methyl sites for hydroxylation is 2. The summed E-state index contributed by atoms with van der Waals surface area (Å²) in [5.41, 5.74) is 0.714. The fourth-order valence-corrected chi connectivity index (χ4v) is 5.90. The number of hydrogen-bond acceptors (Lipinski definition) is 10. The van der Waals surface area contributed by atoms with Crippen molar-refractivity contribution in [1.29, 1.82) is 0 Å². The molecule has 0 saturated carbocycles. The highest BCUT2D eigenvalue weighted by Gasteiger charge is 2.43. The number of carbonyl (C=O) groups excluding carboxylic acids is 3. The van der Waals surface area contributed by atoms with Crippen LogP contribution in [0, 0.1) is 5.82 Å². The highest BCUT2D eigenvalue weighted by atomic mass is 19.1. The molecule has 1 aliphatic rings. The number of carbonyl (C=O) groups is 4. The number of hydroxylamine groups is 3. The molecular weight excluding hydrogens is 667 g/mol. The zero-order valence-electron chi connectivity index (χ0n) is 29.5. The molecule has 14 heteroatoms. The summed E-state index contributed by atoms with van der Waals surface area (Å²) in [7, 11) is 4.11. The molecule has 2 amide bonds. The van der Waals surface area contributed by atoms with Crippen molar-refractivity contribution in [2.24, 2.45) is 0 Å².